The van der Waals surface area contributed by atoms with Crippen molar-refractivity contribution >= 4 is 12.2 Å². The Morgan fingerprint density at radius 3 is 2.53 bits per heavy atom. The minimum absolute atomic E-state index is 0.0272. The van der Waals surface area contributed by atoms with Gasteiger partial charge in [0.05, 0.1) is 12.8 Å². The molecule has 0 radical (unpaired) electrons. The Bertz CT molecular complexity index is 974. The summed E-state index contributed by atoms with van der Waals surface area (Å²) in [4.78, 5) is 35.9. The fourth-order valence-electron chi connectivity index (χ4n) is 2.71. The number of aryl methyl sites for hydroxylation is 1. The third-order valence-corrected chi connectivity index (χ3v) is 4.74. The summed E-state index contributed by atoms with van der Waals surface area (Å²) in [6, 6.07) is 3.03. The van der Waals surface area contributed by atoms with Gasteiger partial charge in [0.2, 0.25) is 5.43 Å². The molecule has 1 heterocycles. The summed E-state index contributed by atoms with van der Waals surface area (Å²) in [7, 11) is 1.33. The van der Waals surface area contributed by atoms with Crippen LogP contribution in [-0.2, 0) is 17.9 Å². The lowest BCUT2D eigenvalue weighted by Gasteiger charge is -2.16. The van der Waals surface area contributed by atoms with Gasteiger partial charge < -0.3 is 25.1 Å². The fourth-order valence-corrected chi connectivity index (χ4v) is 2.71. The summed E-state index contributed by atoms with van der Waals surface area (Å²) in [6.45, 7) is 6.53. The number of amides is 1. The lowest BCUT2D eigenvalue weighted by Crippen LogP contribution is -2.31. The molecule has 1 atom stereocenters. The second-order valence-electron chi connectivity index (χ2n) is 7.29. The molecule has 1 aromatic heterocycles. The molecule has 0 aliphatic rings. The highest BCUT2D eigenvalue weighted by Crippen LogP contribution is 2.16. The number of nitrogens with two attached hydrogens (primary N) is 1. The van der Waals surface area contributed by atoms with E-state index in [1.165, 1.54) is 19.4 Å². The Morgan fingerprint density at radius 1 is 1.34 bits per heavy atom. The van der Waals surface area contributed by atoms with Crippen molar-refractivity contribution in [2.24, 2.45) is 11.7 Å². The first-order valence-electron chi connectivity index (χ1n) is 10.4. The van der Waals surface area contributed by atoms with Gasteiger partial charge in [0.25, 0.3) is 5.91 Å². The zero-order valence-electron chi connectivity index (χ0n) is 18.9. The van der Waals surface area contributed by atoms with Crippen LogP contribution < -0.4 is 21.2 Å². The normalized spacial score (nSPS) is 11.2. The smallest absolute Gasteiger partial charge is 0.257 e. The van der Waals surface area contributed by atoms with Gasteiger partial charge in [0, 0.05) is 36.8 Å². The van der Waals surface area contributed by atoms with E-state index in [1.807, 2.05) is 0 Å². The predicted molar refractivity (Wildman–Crippen MR) is 119 cm³/mol. The van der Waals surface area contributed by atoms with Crippen LogP contribution in [0.5, 0.6) is 5.75 Å². The molecule has 0 bridgehead atoms. The fraction of sp³-hybridized carbons (Fsp3) is 0.435. The van der Waals surface area contributed by atoms with Crippen LogP contribution in [0.25, 0.3) is 0 Å². The van der Waals surface area contributed by atoms with Gasteiger partial charge in [-0.05, 0) is 32.4 Å². The lowest BCUT2D eigenvalue weighted by molar-refractivity contribution is -0.110. The van der Waals surface area contributed by atoms with Crippen LogP contribution in [-0.4, -0.2) is 30.4 Å². The van der Waals surface area contributed by atoms with Gasteiger partial charge in [-0.3, -0.25) is 9.59 Å². The number of nitrogens with zero attached hydrogens (tertiary/aromatic N) is 1. The second kappa shape index (κ2) is 13.4. The first-order chi connectivity index (χ1) is 15.2. The molecule has 0 spiro atoms. The molecule has 1 unspecified atom stereocenters. The number of rotatable bonds is 9. The molecule has 0 fully saturated rings. The van der Waals surface area contributed by atoms with E-state index >= 15 is 0 Å². The van der Waals surface area contributed by atoms with E-state index in [4.69, 9.17) is 10.5 Å². The molecule has 176 valence electrons. The average Bonchev–Trinajstić information content (AvgIpc) is 2.78. The van der Waals surface area contributed by atoms with Crippen LogP contribution in [0, 0.1) is 24.5 Å². The van der Waals surface area contributed by atoms with Gasteiger partial charge in [-0.2, -0.15) is 0 Å². The summed E-state index contributed by atoms with van der Waals surface area (Å²) < 4.78 is 33.5. The van der Waals surface area contributed by atoms with Gasteiger partial charge >= 0.3 is 0 Å². The van der Waals surface area contributed by atoms with E-state index in [2.05, 4.69) is 12.2 Å². The minimum Gasteiger partial charge on any atom is -0.491 e. The largest absolute Gasteiger partial charge is 0.491 e. The Kier molecular flexibility index (Phi) is 11.3. The number of pyridine rings is 1. The van der Waals surface area contributed by atoms with Crippen molar-refractivity contribution in [3.05, 3.63) is 63.1 Å². The Balaban J connectivity index is 0.00000118. The Morgan fingerprint density at radius 2 is 2.00 bits per heavy atom. The molecule has 32 heavy (non-hydrogen) atoms. The molecule has 3 N–H and O–H groups in total. The highest BCUT2D eigenvalue weighted by atomic mass is 19.1. The number of carbonyl (C=O) groups is 2. The van der Waals surface area contributed by atoms with Crippen LogP contribution in [0.4, 0.5) is 8.78 Å². The van der Waals surface area contributed by atoms with E-state index in [0.717, 1.165) is 31.4 Å². The summed E-state index contributed by atoms with van der Waals surface area (Å²) in [5, 5.41) is 2.46. The highest BCUT2D eigenvalue weighted by Gasteiger charge is 2.19. The first kappa shape index (κ1) is 27.0. The topological polar surface area (TPSA) is 103 Å². The number of nitrogens with one attached hydrogen (secondary N) is 1. The molecule has 0 saturated heterocycles. The SMILES string of the molecule is CCCN.COc1c(C)n(CCC(C)C=O)cc(C(=O)NCc2ccc(F)cc2F)c1=O. The molecular weight excluding hydrogens is 420 g/mol. The predicted octanol–water partition coefficient (Wildman–Crippen LogP) is 2.95. The van der Waals surface area contributed by atoms with Crippen molar-refractivity contribution in [2.45, 2.75) is 46.7 Å². The standard InChI is InChI=1S/C20H22F2N2O4.C3H9N/c1-12(11-25)6-7-24-10-16(18(26)19(28-3)13(24)2)20(27)23-9-14-4-5-15(21)8-17(14)22;1-2-3-4/h4-5,8,10-12H,6-7,9H2,1-3H3,(H,23,27);2-4H2,1H3. The second-order valence-corrected chi connectivity index (χ2v) is 7.29. The van der Waals surface area contributed by atoms with E-state index in [-0.39, 0.29) is 29.3 Å². The van der Waals surface area contributed by atoms with Crippen LogP contribution in [0.2, 0.25) is 0 Å². The number of hydrogen-bond donors (Lipinski definition) is 2. The lowest BCUT2D eigenvalue weighted by atomic mass is 10.1. The average molecular weight is 452 g/mol. The molecule has 2 rings (SSSR count). The molecule has 2 aromatic rings. The van der Waals surface area contributed by atoms with Gasteiger partial charge in [0.1, 0.15) is 23.5 Å². The third-order valence-electron chi connectivity index (χ3n) is 4.74. The van der Waals surface area contributed by atoms with E-state index in [0.29, 0.717) is 18.7 Å². The molecular formula is C23H31F2N3O4. The van der Waals surface area contributed by atoms with Gasteiger partial charge in [-0.1, -0.05) is 19.9 Å². The molecule has 1 aromatic carbocycles. The third kappa shape index (κ3) is 7.56. The van der Waals surface area contributed by atoms with Gasteiger partial charge in [-0.15, -0.1) is 0 Å². The van der Waals surface area contributed by atoms with Crippen molar-refractivity contribution in [3.8, 4) is 5.75 Å². The summed E-state index contributed by atoms with van der Waals surface area (Å²) in [5.74, 6) is -2.36. The summed E-state index contributed by atoms with van der Waals surface area (Å²) in [6.07, 6.45) is 3.85. The highest BCUT2D eigenvalue weighted by molar-refractivity contribution is 5.94. The molecule has 0 aliphatic heterocycles. The Labute approximate surface area is 186 Å². The molecule has 9 heteroatoms. The van der Waals surface area contributed by atoms with Gasteiger partial charge in [-0.25, -0.2) is 8.78 Å². The monoisotopic (exact) mass is 451 g/mol. The maximum absolute atomic E-state index is 13.7. The summed E-state index contributed by atoms with van der Waals surface area (Å²) in [5.41, 5.74) is 4.90. The zero-order chi connectivity index (χ0) is 24.3. The number of aldehydes is 1. The number of aromatic nitrogens is 1. The molecule has 0 saturated carbocycles. The van der Waals surface area contributed by atoms with Crippen LogP contribution in [0.1, 0.15) is 48.3 Å². The van der Waals surface area contributed by atoms with Crippen LogP contribution >= 0.6 is 0 Å². The number of ether oxygens (including phenoxy) is 1. The first-order valence-corrected chi connectivity index (χ1v) is 10.4. The van der Waals surface area contributed by atoms with E-state index < -0.39 is 23.0 Å². The maximum Gasteiger partial charge on any atom is 0.257 e. The number of benzene rings is 1. The van der Waals surface area contributed by atoms with Gasteiger partial charge in [0.15, 0.2) is 5.75 Å². The molecule has 1 amide bonds. The summed E-state index contributed by atoms with van der Waals surface area (Å²) >= 11 is 0. The van der Waals surface area contributed by atoms with Crippen molar-refractivity contribution in [2.75, 3.05) is 13.7 Å². The van der Waals surface area contributed by atoms with Crippen molar-refractivity contribution in [1.29, 1.82) is 0 Å². The Hall–Kier alpha value is -3.07. The zero-order valence-corrected chi connectivity index (χ0v) is 18.9. The van der Waals surface area contributed by atoms with Crippen molar-refractivity contribution < 1.29 is 23.1 Å². The van der Waals surface area contributed by atoms with Crippen LogP contribution in [0.3, 0.4) is 0 Å². The molecule has 0 aliphatic carbocycles. The van der Waals surface area contributed by atoms with Crippen molar-refractivity contribution in [1.82, 2.24) is 9.88 Å². The number of carbonyl (C=O) groups excluding carboxylic acids is 2. The quantitative estimate of drug-likeness (QED) is 0.571. The maximum atomic E-state index is 13.7. The number of methoxy groups -OCH3 is 1. The number of halogens is 2. The molecule has 7 nitrogen and oxygen atoms in total. The van der Waals surface area contributed by atoms with Crippen molar-refractivity contribution in [3.63, 3.8) is 0 Å². The number of hydrogen-bond acceptors (Lipinski definition) is 5. The minimum atomic E-state index is -0.790. The van der Waals surface area contributed by atoms with E-state index in [9.17, 15) is 23.2 Å². The van der Waals surface area contributed by atoms with Crippen LogP contribution in [0.15, 0.2) is 29.2 Å². The van der Waals surface area contributed by atoms with E-state index in [1.54, 1.807) is 18.4 Å².